The number of benzene rings is 2. The van der Waals surface area contributed by atoms with E-state index in [0.717, 1.165) is 11.1 Å². The first-order valence-electron chi connectivity index (χ1n) is 13.2. The molecule has 0 amide bonds. The second-order valence-corrected chi connectivity index (χ2v) is 13.0. The van der Waals surface area contributed by atoms with Crippen molar-refractivity contribution in [1.82, 2.24) is 19.3 Å². The van der Waals surface area contributed by atoms with E-state index in [1.165, 1.54) is 0 Å². The van der Waals surface area contributed by atoms with Crippen LogP contribution in [0.3, 0.4) is 0 Å². The molecular weight excluding hydrogens is 536 g/mol. The molecule has 11 nitrogen and oxygen atoms in total. The maximum absolute atomic E-state index is 12.3. The van der Waals surface area contributed by atoms with Gasteiger partial charge in [0.2, 0.25) is 0 Å². The summed E-state index contributed by atoms with van der Waals surface area (Å²) >= 11 is 0. The molecule has 2 aliphatic heterocycles. The van der Waals surface area contributed by atoms with Crippen LogP contribution in [0, 0.1) is 12.3 Å². The number of carboxylic acid groups (broad SMARTS) is 1. The third kappa shape index (κ3) is 5.60. The Morgan fingerprint density at radius 1 is 1.23 bits per heavy atom. The predicted molar refractivity (Wildman–Crippen MR) is 148 cm³/mol. The van der Waals surface area contributed by atoms with Gasteiger partial charge in [0.15, 0.2) is 0 Å². The van der Waals surface area contributed by atoms with Crippen LogP contribution in [-0.2, 0) is 27.4 Å². The molecule has 1 fully saturated rings. The predicted octanol–water partition coefficient (Wildman–Crippen LogP) is 4.83. The minimum atomic E-state index is -3.33. The third-order valence-electron chi connectivity index (χ3n) is 7.47. The topological polar surface area (TPSA) is 139 Å². The van der Waals surface area contributed by atoms with Crippen LogP contribution in [0.25, 0.3) is 0 Å². The highest BCUT2D eigenvalue weighted by atomic mass is 32.3. The number of aromatic nitrogens is 3. The number of rotatable bonds is 9. The third-order valence-corrected chi connectivity index (χ3v) is 9.40. The van der Waals surface area contributed by atoms with E-state index >= 15 is 0 Å². The van der Waals surface area contributed by atoms with E-state index in [4.69, 9.17) is 14.2 Å². The molecule has 0 saturated carbocycles. The molecule has 0 spiro atoms. The van der Waals surface area contributed by atoms with Crippen LogP contribution in [0.2, 0.25) is 0 Å². The number of fused-ring (bicyclic) bond motifs is 1. The van der Waals surface area contributed by atoms with Crippen molar-refractivity contribution in [3.8, 4) is 5.75 Å². The summed E-state index contributed by atoms with van der Waals surface area (Å²) in [5, 5.41) is 18.4. The lowest BCUT2D eigenvalue weighted by molar-refractivity contribution is -0.158. The summed E-state index contributed by atoms with van der Waals surface area (Å²) in [7, 11) is -3.33. The summed E-state index contributed by atoms with van der Waals surface area (Å²) in [5.74, 6) is -0.541. The quantitative estimate of drug-likeness (QED) is 0.326. The number of para-hydroxylation sites is 1. The van der Waals surface area contributed by atoms with Gasteiger partial charge in [-0.3, -0.25) is 13.9 Å². The van der Waals surface area contributed by atoms with Crippen molar-refractivity contribution in [3.63, 3.8) is 0 Å². The normalized spacial score (nSPS) is 21.0. The van der Waals surface area contributed by atoms with E-state index < -0.39 is 28.3 Å². The Morgan fingerprint density at radius 2 is 1.98 bits per heavy atom. The standard InChI is InChI=1S/C28H36N4O7S/c1-18-9-10-20(11-21(18)13-31-12-19(2)39-24-7-5-6-8-25(24)40(31,35)36)26(28(3,4)27(33)34)38-15-22-14-32(30-29-22)23-16-37-17-23/h5-11,14,19,23,26,35-36H,12-13,15-17H2,1-4H3,(H,33,34). The van der Waals surface area contributed by atoms with Crippen molar-refractivity contribution in [2.75, 3.05) is 19.8 Å². The fraction of sp³-hybridized carbons (Fsp3) is 0.464. The fourth-order valence-electron chi connectivity index (χ4n) is 4.86. The van der Waals surface area contributed by atoms with Crippen molar-refractivity contribution in [3.05, 3.63) is 71.0 Å². The smallest absolute Gasteiger partial charge is 0.312 e. The molecule has 2 unspecified atom stereocenters. The molecule has 12 heteroatoms. The van der Waals surface area contributed by atoms with Gasteiger partial charge in [-0.05, 0) is 56.5 Å². The molecule has 5 rings (SSSR count). The van der Waals surface area contributed by atoms with Gasteiger partial charge in [0.1, 0.15) is 28.5 Å². The lowest BCUT2D eigenvalue weighted by atomic mass is 9.81. The minimum Gasteiger partial charge on any atom is -0.487 e. The number of ether oxygens (including phenoxy) is 3. The van der Waals surface area contributed by atoms with Gasteiger partial charge in [-0.15, -0.1) is 15.9 Å². The number of nitrogens with zero attached hydrogens (tertiary/aromatic N) is 4. The Labute approximate surface area is 235 Å². The van der Waals surface area contributed by atoms with Crippen LogP contribution in [0.1, 0.15) is 55.3 Å². The summed E-state index contributed by atoms with van der Waals surface area (Å²) in [6.07, 6.45) is 0.707. The van der Waals surface area contributed by atoms with Crippen LogP contribution in [0.4, 0.5) is 0 Å². The first-order chi connectivity index (χ1) is 19.0. The summed E-state index contributed by atoms with van der Waals surface area (Å²) < 4.78 is 43.5. The first kappa shape index (κ1) is 28.5. The Morgan fingerprint density at radius 3 is 2.67 bits per heavy atom. The molecule has 1 saturated heterocycles. The number of aliphatic carboxylic acids is 1. The van der Waals surface area contributed by atoms with Gasteiger partial charge in [-0.25, -0.2) is 4.68 Å². The maximum atomic E-state index is 12.3. The average Bonchev–Trinajstić information content (AvgIpc) is 3.28. The van der Waals surface area contributed by atoms with Gasteiger partial charge in [0, 0.05) is 6.54 Å². The molecule has 1 aromatic heterocycles. The van der Waals surface area contributed by atoms with Gasteiger partial charge in [-0.1, -0.05) is 35.5 Å². The van der Waals surface area contributed by atoms with Crippen LogP contribution in [0.5, 0.6) is 5.75 Å². The van der Waals surface area contributed by atoms with E-state index in [-0.39, 0.29) is 25.3 Å². The molecule has 3 aromatic rings. The summed E-state index contributed by atoms with van der Waals surface area (Å²) in [6, 6.07) is 12.8. The Hall–Kier alpha value is -3.00. The number of aryl methyl sites for hydroxylation is 1. The maximum Gasteiger partial charge on any atom is 0.312 e. The number of hydrogen-bond acceptors (Lipinski definition) is 9. The largest absolute Gasteiger partial charge is 0.487 e. The van der Waals surface area contributed by atoms with Crippen molar-refractivity contribution in [2.24, 2.45) is 5.41 Å². The van der Waals surface area contributed by atoms with E-state index in [1.807, 2.05) is 32.0 Å². The Balaban J connectivity index is 1.42. The molecule has 2 aliphatic rings. The van der Waals surface area contributed by atoms with Gasteiger partial charge in [0.25, 0.3) is 0 Å². The van der Waals surface area contributed by atoms with Crippen molar-refractivity contribution < 1.29 is 33.2 Å². The Bertz CT molecular complexity index is 1370. The number of hydrogen-bond donors (Lipinski definition) is 3. The molecule has 216 valence electrons. The highest BCUT2D eigenvalue weighted by Gasteiger charge is 2.40. The highest BCUT2D eigenvalue weighted by Crippen LogP contribution is 2.57. The fourth-order valence-corrected chi connectivity index (χ4v) is 6.53. The van der Waals surface area contributed by atoms with E-state index in [0.29, 0.717) is 41.7 Å². The van der Waals surface area contributed by atoms with Gasteiger partial charge < -0.3 is 19.3 Å². The Kier molecular flexibility index (Phi) is 7.92. The zero-order valence-electron chi connectivity index (χ0n) is 23.1. The molecule has 2 atom stereocenters. The minimum absolute atomic E-state index is 0.0798. The molecule has 2 aromatic carbocycles. The first-order valence-corrected chi connectivity index (χ1v) is 14.7. The highest BCUT2D eigenvalue weighted by molar-refractivity contribution is 8.22. The molecule has 0 aliphatic carbocycles. The van der Waals surface area contributed by atoms with E-state index in [1.54, 1.807) is 53.3 Å². The van der Waals surface area contributed by atoms with Crippen molar-refractivity contribution in [1.29, 1.82) is 0 Å². The van der Waals surface area contributed by atoms with Crippen LogP contribution >= 0.6 is 10.8 Å². The molecule has 3 heterocycles. The number of carboxylic acids is 1. The number of carbonyl (C=O) groups is 1. The zero-order chi connectivity index (χ0) is 28.7. The van der Waals surface area contributed by atoms with Gasteiger partial charge in [0.05, 0.1) is 44.1 Å². The molecular formula is C28H36N4O7S. The van der Waals surface area contributed by atoms with Crippen LogP contribution < -0.4 is 4.74 Å². The lowest BCUT2D eigenvalue weighted by Gasteiger charge is -2.42. The molecule has 0 radical (unpaired) electrons. The average molecular weight is 573 g/mol. The van der Waals surface area contributed by atoms with Crippen LogP contribution in [0.15, 0.2) is 53.6 Å². The monoisotopic (exact) mass is 572 g/mol. The van der Waals surface area contributed by atoms with Gasteiger partial charge >= 0.3 is 5.97 Å². The molecule has 0 bridgehead atoms. The van der Waals surface area contributed by atoms with Crippen molar-refractivity contribution >= 4 is 16.7 Å². The molecule has 40 heavy (non-hydrogen) atoms. The summed E-state index contributed by atoms with van der Waals surface area (Å²) in [5.41, 5.74) is 1.76. The van der Waals surface area contributed by atoms with Crippen LogP contribution in [-0.4, -0.2) is 65.3 Å². The zero-order valence-corrected chi connectivity index (χ0v) is 23.9. The second kappa shape index (κ2) is 11.1. The lowest BCUT2D eigenvalue weighted by Crippen LogP contribution is -2.34. The van der Waals surface area contributed by atoms with E-state index in [9.17, 15) is 19.0 Å². The van der Waals surface area contributed by atoms with Gasteiger partial charge in [-0.2, -0.15) is 4.31 Å². The summed E-state index contributed by atoms with van der Waals surface area (Å²) in [6.45, 7) is 8.86. The van der Waals surface area contributed by atoms with E-state index in [2.05, 4.69) is 10.3 Å². The SMILES string of the molecule is Cc1ccc(C(OCc2cn(C3COC3)nn2)C(C)(C)C(=O)O)cc1CN1CC(C)Oc2ccccc2S1(O)O. The van der Waals surface area contributed by atoms with Crippen molar-refractivity contribution in [2.45, 2.75) is 64.0 Å². The molecule has 3 N–H and O–H groups in total. The second-order valence-electron chi connectivity index (χ2n) is 11.0. The summed E-state index contributed by atoms with van der Waals surface area (Å²) in [4.78, 5) is 12.7.